The molecule has 3 aromatic rings. The van der Waals surface area contributed by atoms with Crippen molar-refractivity contribution in [3.05, 3.63) is 85.7 Å². The molecule has 1 aliphatic carbocycles. The number of benzene rings is 2. The van der Waals surface area contributed by atoms with Gasteiger partial charge in [0.05, 0.1) is 38.1 Å². The summed E-state index contributed by atoms with van der Waals surface area (Å²) in [6.07, 6.45) is 3.48. The van der Waals surface area contributed by atoms with Gasteiger partial charge in [0.25, 0.3) is 0 Å². The molecule has 0 bridgehead atoms. The van der Waals surface area contributed by atoms with Gasteiger partial charge in [-0.1, -0.05) is 23.7 Å². The van der Waals surface area contributed by atoms with E-state index in [2.05, 4.69) is 9.98 Å². The summed E-state index contributed by atoms with van der Waals surface area (Å²) in [5.74, 6) is 0.721. The SMILES string of the molecule is O=c1[nH]/c(=N\c2ccc(OC3CCC3)cc2)n(Cc2ccc(Cl)cc2)c(=O)n1CC(O)(CO)CO. The second-order valence-corrected chi connectivity index (χ2v) is 9.09. The number of rotatable bonds is 9. The maximum Gasteiger partial charge on any atom is 0.335 e. The summed E-state index contributed by atoms with van der Waals surface area (Å²) in [5, 5.41) is 29.7. The van der Waals surface area contributed by atoms with Gasteiger partial charge in [0.15, 0.2) is 0 Å². The first-order chi connectivity index (χ1) is 16.8. The number of hydrogen-bond donors (Lipinski definition) is 4. The monoisotopic (exact) mass is 502 g/mol. The summed E-state index contributed by atoms with van der Waals surface area (Å²) in [6, 6.07) is 13.8. The number of aliphatic hydroxyl groups is 3. The van der Waals surface area contributed by atoms with Crippen molar-refractivity contribution < 1.29 is 20.1 Å². The highest BCUT2D eigenvalue weighted by Gasteiger charge is 2.28. The van der Waals surface area contributed by atoms with Crippen LogP contribution < -0.4 is 21.7 Å². The van der Waals surface area contributed by atoms with E-state index in [4.69, 9.17) is 16.3 Å². The van der Waals surface area contributed by atoms with Gasteiger partial charge in [-0.15, -0.1) is 0 Å². The highest BCUT2D eigenvalue weighted by atomic mass is 35.5. The molecule has 1 saturated carbocycles. The van der Waals surface area contributed by atoms with Crippen LogP contribution in [0.1, 0.15) is 24.8 Å². The Labute approximate surface area is 205 Å². The van der Waals surface area contributed by atoms with Crippen LogP contribution in [0, 0.1) is 0 Å². The number of aromatic nitrogens is 3. The van der Waals surface area contributed by atoms with E-state index in [1.807, 2.05) is 0 Å². The molecule has 0 unspecified atom stereocenters. The fraction of sp³-hybridized carbons (Fsp3) is 0.375. The van der Waals surface area contributed by atoms with Crippen molar-refractivity contribution in [1.29, 1.82) is 0 Å². The lowest BCUT2D eigenvalue weighted by Gasteiger charge is -2.26. The number of halogens is 1. The number of ether oxygens (including phenoxy) is 1. The van der Waals surface area contributed by atoms with Gasteiger partial charge in [0.2, 0.25) is 5.62 Å². The van der Waals surface area contributed by atoms with E-state index in [0.29, 0.717) is 10.7 Å². The summed E-state index contributed by atoms with van der Waals surface area (Å²) in [4.78, 5) is 33.1. The average molecular weight is 503 g/mol. The predicted octanol–water partition coefficient (Wildman–Crippen LogP) is 0.919. The van der Waals surface area contributed by atoms with Crippen LogP contribution in [0.25, 0.3) is 0 Å². The van der Waals surface area contributed by atoms with E-state index >= 15 is 0 Å². The highest BCUT2D eigenvalue weighted by Crippen LogP contribution is 2.26. The molecule has 11 heteroatoms. The first-order valence-corrected chi connectivity index (χ1v) is 11.6. The van der Waals surface area contributed by atoms with Gasteiger partial charge in [-0.05, 0) is 61.2 Å². The molecule has 186 valence electrons. The van der Waals surface area contributed by atoms with Crippen molar-refractivity contribution in [2.45, 2.75) is 44.1 Å². The Kier molecular flexibility index (Phi) is 7.56. The molecular formula is C24H27ClN4O6. The molecule has 1 heterocycles. The maximum atomic E-state index is 13.3. The van der Waals surface area contributed by atoms with E-state index in [-0.39, 0.29) is 18.3 Å². The molecule has 0 saturated heterocycles. The minimum absolute atomic E-state index is 0.00426. The largest absolute Gasteiger partial charge is 0.490 e. The van der Waals surface area contributed by atoms with Gasteiger partial charge in [0, 0.05) is 5.02 Å². The van der Waals surface area contributed by atoms with Crippen molar-refractivity contribution in [3.63, 3.8) is 0 Å². The Bertz CT molecular complexity index is 1340. The van der Waals surface area contributed by atoms with Gasteiger partial charge < -0.3 is 20.1 Å². The Morgan fingerprint density at radius 3 is 2.26 bits per heavy atom. The third kappa shape index (κ3) is 5.91. The van der Waals surface area contributed by atoms with Crippen molar-refractivity contribution >= 4 is 17.3 Å². The van der Waals surface area contributed by atoms with Crippen molar-refractivity contribution in [3.8, 4) is 5.75 Å². The van der Waals surface area contributed by atoms with E-state index in [9.17, 15) is 24.9 Å². The van der Waals surface area contributed by atoms with Crippen LogP contribution in [0.4, 0.5) is 5.69 Å². The van der Waals surface area contributed by atoms with Gasteiger partial charge in [-0.2, -0.15) is 0 Å². The average Bonchev–Trinajstić information content (AvgIpc) is 2.83. The van der Waals surface area contributed by atoms with Crippen LogP contribution >= 0.6 is 11.6 Å². The number of H-pyrrole nitrogens is 1. The van der Waals surface area contributed by atoms with Crippen LogP contribution in [-0.4, -0.2) is 54.4 Å². The van der Waals surface area contributed by atoms with Crippen LogP contribution in [-0.2, 0) is 13.1 Å². The minimum Gasteiger partial charge on any atom is -0.490 e. The quantitative estimate of drug-likeness (QED) is 0.343. The Morgan fingerprint density at radius 1 is 1.03 bits per heavy atom. The molecule has 0 aliphatic heterocycles. The summed E-state index contributed by atoms with van der Waals surface area (Å²) in [7, 11) is 0. The fourth-order valence-electron chi connectivity index (χ4n) is 3.54. The van der Waals surface area contributed by atoms with Crippen molar-refractivity contribution in [2.24, 2.45) is 4.99 Å². The number of nitrogens with zero attached hydrogens (tertiary/aromatic N) is 3. The van der Waals surface area contributed by atoms with Crippen LogP contribution in [0.5, 0.6) is 5.75 Å². The number of aromatic amines is 1. The summed E-state index contributed by atoms with van der Waals surface area (Å²) in [6.45, 7) is -2.24. The van der Waals surface area contributed by atoms with Crippen LogP contribution in [0.15, 0.2) is 63.1 Å². The molecule has 4 rings (SSSR count). The smallest absolute Gasteiger partial charge is 0.335 e. The normalized spacial score (nSPS) is 14.7. The van der Waals surface area contributed by atoms with E-state index in [0.717, 1.165) is 28.7 Å². The second-order valence-electron chi connectivity index (χ2n) is 8.65. The molecule has 4 N–H and O–H groups in total. The third-order valence-corrected chi connectivity index (χ3v) is 6.16. The lowest BCUT2D eigenvalue weighted by Crippen LogP contribution is -2.55. The third-order valence-electron chi connectivity index (χ3n) is 5.90. The van der Waals surface area contributed by atoms with Gasteiger partial charge in [0.1, 0.15) is 11.4 Å². The molecule has 35 heavy (non-hydrogen) atoms. The lowest BCUT2D eigenvalue weighted by atomic mass is 9.96. The molecule has 1 fully saturated rings. The molecule has 0 radical (unpaired) electrons. The first-order valence-electron chi connectivity index (χ1n) is 11.2. The standard InChI is InChI=1S/C24H27ClN4O6/c25-17-6-4-16(5-7-17)12-28-21(26-18-8-10-20(11-9-18)35-19-2-1-3-19)27-22(32)29(23(28)33)13-24(34,14-30)15-31/h4-11,19,30-31,34H,1-3,12-15H2,(H,26,27,32). The zero-order chi connectivity index (χ0) is 25.0. The lowest BCUT2D eigenvalue weighted by molar-refractivity contribution is -0.0676. The molecule has 2 aromatic carbocycles. The number of nitrogens with one attached hydrogen (secondary N) is 1. The van der Waals surface area contributed by atoms with Crippen LogP contribution in [0.3, 0.4) is 0 Å². The fourth-order valence-corrected chi connectivity index (χ4v) is 3.67. The van der Waals surface area contributed by atoms with E-state index in [1.54, 1.807) is 48.5 Å². The molecule has 0 spiro atoms. The van der Waals surface area contributed by atoms with Gasteiger partial charge >= 0.3 is 11.4 Å². The molecular weight excluding hydrogens is 476 g/mol. The maximum absolute atomic E-state index is 13.3. The van der Waals surface area contributed by atoms with Crippen LogP contribution in [0.2, 0.25) is 5.02 Å². The van der Waals surface area contributed by atoms with Crippen molar-refractivity contribution in [1.82, 2.24) is 14.1 Å². The zero-order valence-corrected chi connectivity index (χ0v) is 19.7. The topological polar surface area (TPSA) is 142 Å². The summed E-state index contributed by atoms with van der Waals surface area (Å²) in [5.41, 5.74) is -2.46. The molecule has 0 amide bonds. The number of hydrogen-bond acceptors (Lipinski definition) is 7. The predicted molar refractivity (Wildman–Crippen MR) is 129 cm³/mol. The van der Waals surface area contributed by atoms with Gasteiger partial charge in [-0.3, -0.25) is 9.55 Å². The Morgan fingerprint density at radius 2 is 1.69 bits per heavy atom. The second kappa shape index (κ2) is 10.6. The van der Waals surface area contributed by atoms with E-state index < -0.39 is 36.7 Å². The number of aliphatic hydroxyl groups excluding tert-OH is 2. The Balaban J connectivity index is 1.76. The minimum atomic E-state index is -2.05. The summed E-state index contributed by atoms with van der Waals surface area (Å²) >= 11 is 5.97. The molecule has 0 atom stereocenters. The molecule has 1 aliphatic rings. The molecule has 1 aromatic heterocycles. The highest BCUT2D eigenvalue weighted by molar-refractivity contribution is 6.30. The van der Waals surface area contributed by atoms with E-state index in [1.165, 1.54) is 11.0 Å². The van der Waals surface area contributed by atoms with Crippen molar-refractivity contribution in [2.75, 3.05) is 13.2 Å². The summed E-state index contributed by atoms with van der Waals surface area (Å²) < 4.78 is 7.81. The van der Waals surface area contributed by atoms with Gasteiger partial charge in [-0.25, -0.2) is 19.1 Å². The zero-order valence-electron chi connectivity index (χ0n) is 18.9. The first kappa shape index (κ1) is 24.9. The molecule has 10 nitrogen and oxygen atoms in total. The Hall–Kier alpha value is -3.18.